The summed E-state index contributed by atoms with van der Waals surface area (Å²) in [6, 6.07) is 7.17. The van der Waals surface area contributed by atoms with E-state index in [1.807, 2.05) is 6.07 Å². The summed E-state index contributed by atoms with van der Waals surface area (Å²) in [7, 11) is 0. The van der Waals surface area contributed by atoms with Crippen LogP contribution in [-0.2, 0) is 9.59 Å². The average molecular weight is 286 g/mol. The third-order valence-corrected chi connectivity index (χ3v) is 2.75. The molecule has 0 spiro atoms. The van der Waals surface area contributed by atoms with Gasteiger partial charge in [0.25, 0.3) is 0 Å². The largest absolute Gasteiger partial charge is 0.481 e. The van der Waals surface area contributed by atoms with Gasteiger partial charge in [-0.25, -0.2) is 0 Å². The van der Waals surface area contributed by atoms with Crippen molar-refractivity contribution in [2.24, 2.45) is 5.92 Å². The van der Waals surface area contributed by atoms with Gasteiger partial charge < -0.3 is 10.4 Å². The van der Waals surface area contributed by atoms with Gasteiger partial charge in [0.2, 0.25) is 5.91 Å². The fourth-order valence-corrected chi connectivity index (χ4v) is 1.51. The Labute approximate surface area is 102 Å². The first-order valence-corrected chi connectivity index (χ1v) is 5.57. The maximum absolute atomic E-state index is 11.5. The Bertz CT molecular complexity index is 406. The van der Waals surface area contributed by atoms with E-state index in [4.69, 9.17) is 5.11 Å². The number of halogens is 1. The van der Waals surface area contributed by atoms with Crippen molar-refractivity contribution >= 4 is 33.5 Å². The summed E-state index contributed by atoms with van der Waals surface area (Å²) in [4.78, 5) is 22.0. The molecule has 0 saturated carbocycles. The number of amides is 1. The van der Waals surface area contributed by atoms with Crippen molar-refractivity contribution in [2.45, 2.75) is 13.3 Å². The second kappa shape index (κ2) is 5.65. The van der Waals surface area contributed by atoms with E-state index in [1.54, 1.807) is 18.2 Å². The summed E-state index contributed by atoms with van der Waals surface area (Å²) in [5.74, 6) is -1.95. The fraction of sp³-hybridized carbons (Fsp3) is 0.273. The number of carboxylic acids is 1. The van der Waals surface area contributed by atoms with Crippen molar-refractivity contribution in [3.05, 3.63) is 28.7 Å². The standard InChI is InChI=1S/C11H12BrNO3/c1-7(11(15)16)6-10(14)13-9-5-3-2-4-8(9)12/h2-5,7H,6H2,1H3,(H,13,14)(H,15,16). The maximum atomic E-state index is 11.5. The van der Waals surface area contributed by atoms with E-state index < -0.39 is 11.9 Å². The zero-order valence-electron chi connectivity index (χ0n) is 8.74. The molecule has 0 fully saturated rings. The lowest BCUT2D eigenvalue weighted by atomic mass is 10.1. The minimum atomic E-state index is -0.970. The van der Waals surface area contributed by atoms with Crippen molar-refractivity contribution < 1.29 is 14.7 Å². The van der Waals surface area contributed by atoms with Gasteiger partial charge in [-0.1, -0.05) is 19.1 Å². The summed E-state index contributed by atoms with van der Waals surface area (Å²) in [6.07, 6.45) is -0.0311. The van der Waals surface area contributed by atoms with Gasteiger partial charge in [-0.2, -0.15) is 0 Å². The van der Waals surface area contributed by atoms with E-state index in [2.05, 4.69) is 21.2 Å². The maximum Gasteiger partial charge on any atom is 0.306 e. The van der Waals surface area contributed by atoms with Gasteiger partial charge in [-0.05, 0) is 28.1 Å². The van der Waals surface area contributed by atoms with E-state index in [9.17, 15) is 9.59 Å². The van der Waals surface area contributed by atoms with Gasteiger partial charge >= 0.3 is 5.97 Å². The Kier molecular flexibility index (Phi) is 4.49. The van der Waals surface area contributed by atoms with Crippen molar-refractivity contribution in [1.29, 1.82) is 0 Å². The van der Waals surface area contributed by atoms with Crippen LogP contribution in [0.5, 0.6) is 0 Å². The number of benzene rings is 1. The number of rotatable bonds is 4. The number of hydrogen-bond acceptors (Lipinski definition) is 2. The monoisotopic (exact) mass is 285 g/mol. The molecule has 1 atom stereocenters. The predicted octanol–water partition coefficient (Wildman–Crippen LogP) is 2.50. The van der Waals surface area contributed by atoms with Gasteiger partial charge in [-0.3, -0.25) is 9.59 Å². The highest BCUT2D eigenvalue weighted by atomic mass is 79.9. The minimum Gasteiger partial charge on any atom is -0.481 e. The van der Waals surface area contributed by atoms with Gasteiger partial charge in [-0.15, -0.1) is 0 Å². The molecule has 1 aromatic rings. The summed E-state index contributed by atoms with van der Waals surface area (Å²) >= 11 is 3.29. The normalized spacial score (nSPS) is 11.9. The highest BCUT2D eigenvalue weighted by molar-refractivity contribution is 9.10. The van der Waals surface area contributed by atoms with Crippen LogP contribution in [0.3, 0.4) is 0 Å². The van der Waals surface area contributed by atoms with E-state index in [1.165, 1.54) is 6.92 Å². The Morgan fingerprint density at radius 3 is 2.62 bits per heavy atom. The van der Waals surface area contributed by atoms with Crippen LogP contribution in [0.15, 0.2) is 28.7 Å². The van der Waals surface area contributed by atoms with Crippen molar-refractivity contribution in [2.75, 3.05) is 5.32 Å². The lowest BCUT2D eigenvalue weighted by Gasteiger charge is -2.08. The van der Waals surface area contributed by atoms with Crippen LogP contribution in [0.25, 0.3) is 0 Å². The van der Waals surface area contributed by atoms with Gasteiger partial charge in [0.15, 0.2) is 0 Å². The van der Waals surface area contributed by atoms with E-state index in [0.29, 0.717) is 5.69 Å². The number of carboxylic acid groups (broad SMARTS) is 1. The number of carbonyl (C=O) groups excluding carboxylic acids is 1. The van der Waals surface area contributed by atoms with Crippen molar-refractivity contribution in [3.8, 4) is 0 Å². The predicted molar refractivity (Wildman–Crippen MR) is 64.2 cm³/mol. The number of carbonyl (C=O) groups is 2. The van der Waals surface area contributed by atoms with Crippen LogP contribution >= 0.6 is 15.9 Å². The number of nitrogens with one attached hydrogen (secondary N) is 1. The van der Waals surface area contributed by atoms with Crippen LogP contribution in [0, 0.1) is 5.92 Å². The summed E-state index contributed by atoms with van der Waals surface area (Å²) in [6.45, 7) is 1.50. The van der Waals surface area contributed by atoms with Crippen molar-refractivity contribution in [3.63, 3.8) is 0 Å². The molecule has 86 valence electrons. The molecule has 5 heteroatoms. The van der Waals surface area contributed by atoms with Crippen LogP contribution in [-0.4, -0.2) is 17.0 Å². The number of hydrogen-bond donors (Lipinski definition) is 2. The third kappa shape index (κ3) is 3.66. The highest BCUT2D eigenvalue weighted by Gasteiger charge is 2.16. The Hall–Kier alpha value is -1.36. The SMILES string of the molecule is CC(CC(=O)Nc1ccccc1Br)C(=O)O. The van der Waals surface area contributed by atoms with Crippen LogP contribution in [0.2, 0.25) is 0 Å². The third-order valence-electron chi connectivity index (χ3n) is 2.06. The molecule has 0 radical (unpaired) electrons. The lowest BCUT2D eigenvalue weighted by Crippen LogP contribution is -2.20. The first-order chi connectivity index (χ1) is 7.50. The first-order valence-electron chi connectivity index (χ1n) is 4.78. The zero-order valence-corrected chi connectivity index (χ0v) is 10.3. The van der Waals surface area contributed by atoms with E-state index >= 15 is 0 Å². The molecular formula is C11H12BrNO3. The van der Waals surface area contributed by atoms with E-state index in [0.717, 1.165) is 4.47 Å². The summed E-state index contributed by atoms with van der Waals surface area (Å²) in [5, 5.41) is 11.3. The minimum absolute atomic E-state index is 0.0311. The zero-order chi connectivity index (χ0) is 12.1. The molecule has 4 nitrogen and oxygen atoms in total. The molecule has 16 heavy (non-hydrogen) atoms. The molecule has 0 aliphatic carbocycles. The van der Waals surface area contributed by atoms with Gasteiger partial charge in [0.05, 0.1) is 11.6 Å². The molecule has 1 amide bonds. The van der Waals surface area contributed by atoms with Crippen LogP contribution < -0.4 is 5.32 Å². The molecule has 2 N–H and O–H groups in total. The van der Waals surface area contributed by atoms with Crippen molar-refractivity contribution in [1.82, 2.24) is 0 Å². The molecule has 0 aliphatic rings. The highest BCUT2D eigenvalue weighted by Crippen LogP contribution is 2.21. The molecule has 0 aliphatic heterocycles. The molecule has 0 heterocycles. The number of anilines is 1. The molecule has 1 rings (SSSR count). The molecule has 0 bridgehead atoms. The fourth-order valence-electron chi connectivity index (χ4n) is 1.13. The topological polar surface area (TPSA) is 66.4 Å². The second-order valence-electron chi connectivity index (χ2n) is 3.47. The molecular weight excluding hydrogens is 274 g/mol. The molecule has 1 unspecified atom stereocenters. The Morgan fingerprint density at radius 1 is 1.44 bits per heavy atom. The van der Waals surface area contributed by atoms with Gasteiger partial charge in [0, 0.05) is 10.9 Å². The quantitative estimate of drug-likeness (QED) is 0.893. The number of para-hydroxylation sites is 1. The van der Waals surface area contributed by atoms with Crippen LogP contribution in [0.4, 0.5) is 5.69 Å². The summed E-state index contributed by atoms with van der Waals surface area (Å²) < 4.78 is 0.770. The van der Waals surface area contributed by atoms with E-state index in [-0.39, 0.29) is 12.3 Å². The van der Waals surface area contributed by atoms with Gasteiger partial charge in [0.1, 0.15) is 0 Å². The lowest BCUT2D eigenvalue weighted by molar-refractivity contribution is -0.142. The first kappa shape index (κ1) is 12.7. The molecule has 0 saturated heterocycles. The smallest absolute Gasteiger partial charge is 0.306 e. The average Bonchev–Trinajstić information content (AvgIpc) is 2.21. The molecule has 1 aromatic carbocycles. The Balaban J connectivity index is 2.59. The molecule has 0 aromatic heterocycles. The number of aliphatic carboxylic acids is 1. The summed E-state index contributed by atoms with van der Waals surface area (Å²) in [5.41, 5.74) is 0.644. The second-order valence-corrected chi connectivity index (χ2v) is 4.33. The van der Waals surface area contributed by atoms with Crippen LogP contribution in [0.1, 0.15) is 13.3 Å². The Morgan fingerprint density at radius 2 is 2.06 bits per heavy atom.